The van der Waals surface area contributed by atoms with Crippen LogP contribution >= 0.6 is 0 Å². The normalized spacial score (nSPS) is 34.8. The quantitative estimate of drug-likeness (QED) is 0.671. The number of carbonyl (C=O) groups is 1. The van der Waals surface area contributed by atoms with E-state index >= 15 is 0 Å². The van der Waals surface area contributed by atoms with E-state index in [4.69, 9.17) is 4.74 Å². The highest BCUT2D eigenvalue weighted by Gasteiger charge is 2.61. The highest BCUT2D eigenvalue weighted by Crippen LogP contribution is 2.61. The zero-order valence-corrected chi connectivity index (χ0v) is 14.1. The molecule has 3 atom stereocenters. The molecule has 0 radical (unpaired) electrons. The maximum atomic E-state index is 12.0. The number of allylic oxidation sites excluding steroid dienone is 2. The van der Waals surface area contributed by atoms with Gasteiger partial charge in [0.25, 0.3) is 0 Å². The van der Waals surface area contributed by atoms with Gasteiger partial charge in [0.05, 0.1) is 12.5 Å². The van der Waals surface area contributed by atoms with Crippen molar-refractivity contribution in [3.05, 3.63) is 46.7 Å². The van der Waals surface area contributed by atoms with Crippen LogP contribution in [0.1, 0.15) is 25.3 Å². The molecule has 0 aromatic heterocycles. The number of ether oxygens (including phenoxy) is 1. The molecular weight excluding hydrogens is 300 g/mol. The molecule has 2 saturated heterocycles. The number of rotatable bonds is 2. The van der Waals surface area contributed by atoms with Gasteiger partial charge in [0, 0.05) is 48.1 Å². The fourth-order valence-corrected chi connectivity index (χ4v) is 5.61. The monoisotopic (exact) mass is 322 g/mol. The largest absolute Gasteiger partial charge is 0.497 e. The van der Waals surface area contributed by atoms with Gasteiger partial charge in [-0.25, -0.2) is 0 Å². The van der Waals surface area contributed by atoms with Crippen LogP contribution in [0.5, 0.6) is 5.75 Å². The third-order valence-corrected chi connectivity index (χ3v) is 6.67. The summed E-state index contributed by atoms with van der Waals surface area (Å²) in [6, 6.07) is 6.81. The van der Waals surface area contributed by atoms with Gasteiger partial charge in [-0.1, -0.05) is 17.7 Å². The fraction of sp³-hybridized carbons (Fsp3) is 0.450. The van der Waals surface area contributed by atoms with E-state index in [1.165, 1.54) is 11.1 Å². The van der Waals surface area contributed by atoms with E-state index in [2.05, 4.69) is 35.3 Å². The Morgan fingerprint density at radius 2 is 2.29 bits per heavy atom. The maximum Gasteiger partial charge on any atom is 0.148 e. The number of piperidine rings is 1. The highest BCUT2D eigenvalue weighted by molar-refractivity contribution is 5.85. The van der Waals surface area contributed by atoms with Gasteiger partial charge in [0.1, 0.15) is 12.0 Å². The Bertz CT molecular complexity index is 810. The van der Waals surface area contributed by atoms with Gasteiger partial charge in [0.15, 0.2) is 0 Å². The molecule has 4 heteroatoms. The Morgan fingerprint density at radius 3 is 3.04 bits per heavy atom. The molecule has 1 aliphatic carbocycles. The summed E-state index contributed by atoms with van der Waals surface area (Å²) in [6.45, 7) is 4.20. The van der Waals surface area contributed by atoms with Gasteiger partial charge in [-0.3, -0.25) is 9.69 Å². The smallest absolute Gasteiger partial charge is 0.148 e. The SMILES string of the molecule is CC=C1CN2CCC34C(=C(C=O)C1CC23)Nc1cc(OC)ccc14. The topological polar surface area (TPSA) is 41.6 Å². The number of fused-ring (bicyclic) bond motifs is 2. The summed E-state index contributed by atoms with van der Waals surface area (Å²) in [5.74, 6) is 1.13. The predicted molar refractivity (Wildman–Crippen MR) is 93.2 cm³/mol. The molecule has 2 fully saturated rings. The molecule has 1 aromatic rings. The van der Waals surface area contributed by atoms with E-state index < -0.39 is 0 Å². The minimum absolute atomic E-state index is 0.0341. The van der Waals surface area contributed by atoms with Crippen LogP contribution in [0.3, 0.4) is 0 Å². The van der Waals surface area contributed by atoms with E-state index in [0.717, 1.165) is 54.9 Å². The summed E-state index contributed by atoms with van der Waals surface area (Å²) < 4.78 is 5.40. The van der Waals surface area contributed by atoms with Gasteiger partial charge < -0.3 is 10.1 Å². The zero-order chi connectivity index (χ0) is 16.5. The summed E-state index contributed by atoms with van der Waals surface area (Å²) in [5, 5.41) is 3.62. The van der Waals surface area contributed by atoms with Crippen LogP contribution in [0, 0.1) is 5.92 Å². The number of nitrogens with zero attached hydrogens (tertiary/aromatic N) is 1. The number of hydrogen-bond donors (Lipinski definition) is 1. The molecule has 1 N–H and O–H groups in total. The molecule has 4 aliphatic rings. The number of carbonyl (C=O) groups excluding carboxylic acids is 1. The molecule has 5 rings (SSSR count). The number of anilines is 1. The first-order chi connectivity index (χ1) is 11.7. The Hall–Kier alpha value is -2.07. The molecule has 0 amide bonds. The molecular formula is C20H22N2O2. The van der Waals surface area contributed by atoms with E-state index in [1.54, 1.807) is 7.11 Å². The second-order valence-electron chi connectivity index (χ2n) is 7.34. The number of benzene rings is 1. The Morgan fingerprint density at radius 1 is 1.42 bits per heavy atom. The van der Waals surface area contributed by atoms with Crippen molar-refractivity contribution >= 4 is 12.0 Å². The molecule has 24 heavy (non-hydrogen) atoms. The van der Waals surface area contributed by atoms with Crippen molar-refractivity contribution < 1.29 is 9.53 Å². The minimum Gasteiger partial charge on any atom is -0.497 e. The molecule has 0 saturated carbocycles. The highest BCUT2D eigenvalue weighted by atomic mass is 16.5. The van der Waals surface area contributed by atoms with E-state index in [-0.39, 0.29) is 11.3 Å². The van der Waals surface area contributed by atoms with Crippen molar-refractivity contribution in [1.82, 2.24) is 4.90 Å². The molecule has 124 valence electrons. The van der Waals surface area contributed by atoms with E-state index in [1.807, 2.05) is 6.07 Å². The molecule has 2 bridgehead atoms. The average Bonchev–Trinajstić information content (AvgIpc) is 3.17. The van der Waals surface area contributed by atoms with Crippen LogP contribution in [0.4, 0.5) is 5.69 Å². The first kappa shape index (κ1) is 14.3. The standard InChI is InChI=1S/C20H22N2O2/c1-3-12-10-22-7-6-20-16-5-4-13(24-2)8-17(16)21-19(20)15(11-23)14(12)9-18(20)22/h3-5,8,11,14,18,21H,6-7,9-10H2,1-2H3. The third kappa shape index (κ3) is 1.50. The van der Waals surface area contributed by atoms with Gasteiger partial charge in [-0.05, 0) is 31.4 Å². The molecule has 3 heterocycles. The lowest BCUT2D eigenvalue weighted by atomic mass is 9.62. The van der Waals surface area contributed by atoms with Crippen LogP contribution in [0.15, 0.2) is 41.1 Å². The van der Waals surface area contributed by atoms with Gasteiger partial charge in [0.2, 0.25) is 0 Å². The lowest BCUT2D eigenvalue weighted by molar-refractivity contribution is -0.105. The van der Waals surface area contributed by atoms with Crippen molar-refractivity contribution in [3.8, 4) is 5.75 Å². The molecule has 1 spiro atoms. The van der Waals surface area contributed by atoms with Crippen LogP contribution in [-0.4, -0.2) is 37.4 Å². The molecule has 3 aliphatic heterocycles. The van der Waals surface area contributed by atoms with Crippen molar-refractivity contribution in [3.63, 3.8) is 0 Å². The zero-order valence-electron chi connectivity index (χ0n) is 14.1. The summed E-state index contributed by atoms with van der Waals surface area (Å²) in [5.41, 5.74) is 5.94. The van der Waals surface area contributed by atoms with Gasteiger partial charge >= 0.3 is 0 Å². The number of aldehydes is 1. The molecule has 4 nitrogen and oxygen atoms in total. The van der Waals surface area contributed by atoms with Gasteiger partial charge in [-0.15, -0.1) is 0 Å². The fourth-order valence-electron chi connectivity index (χ4n) is 5.61. The first-order valence-corrected chi connectivity index (χ1v) is 8.77. The van der Waals surface area contributed by atoms with E-state index in [0.29, 0.717) is 6.04 Å². The maximum absolute atomic E-state index is 12.0. The molecule has 3 unspecified atom stereocenters. The second-order valence-corrected chi connectivity index (χ2v) is 7.34. The lowest BCUT2D eigenvalue weighted by Gasteiger charge is -2.48. The van der Waals surface area contributed by atoms with Crippen LogP contribution in [0.25, 0.3) is 0 Å². The van der Waals surface area contributed by atoms with Crippen LogP contribution < -0.4 is 10.1 Å². The Labute approximate surface area is 142 Å². The minimum atomic E-state index is -0.0341. The molecule has 1 aromatic carbocycles. The number of nitrogens with one attached hydrogen (secondary N) is 1. The van der Waals surface area contributed by atoms with Crippen molar-refractivity contribution in [2.24, 2.45) is 5.92 Å². The average molecular weight is 322 g/mol. The summed E-state index contributed by atoms with van der Waals surface area (Å²) in [7, 11) is 1.70. The first-order valence-electron chi connectivity index (χ1n) is 8.77. The second kappa shape index (κ2) is 4.73. The predicted octanol–water partition coefficient (Wildman–Crippen LogP) is 2.87. The number of hydrogen-bond acceptors (Lipinski definition) is 4. The summed E-state index contributed by atoms with van der Waals surface area (Å²) in [6.07, 6.45) is 5.46. The Kier molecular flexibility index (Phi) is 2.82. The Balaban J connectivity index is 1.78. The van der Waals surface area contributed by atoms with Crippen molar-refractivity contribution in [2.75, 3.05) is 25.5 Å². The van der Waals surface area contributed by atoms with Crippen LogP contribution in [0.2, 0.25) is 0 Å². The van der Waals surface area contributed by atoms with Crippen LogP contribution in [-0.2, 0) is 10.2 Å². The summed E-state index contributed by atoms with van der Waals surface area (Å²) >= 11 is 0. The van der Waals surface area contributed by atoms with Gasteiger partial charge in [-0.2, -0.15) is 0 Å². The van der Waals surface area contributed by atoms with E-state index in [9.17, 15) is 4.79 Å². The lowest BCUT2D eigenvalue weighted by Crippen LogP contribution is -2.52. The van der Waals surface area contributed by atoms with Crippen molar-refractivity contribution in [1.29, 1.82) is 0 Å². The number of methoxy groups -OCH3 is 1. The third-order valence-electron chi connectivity index (χ3n) is 6.67. The summed E-state index contributed by atoms with van der Waals surface area (Å²) in [4.78, 5) is 14.7. The van der Waals surface area contributed by atoms with Crippen molar-refractivity contribution in [2.45, 2.75) is 31.2 Å².